The molecule has 1 saturated heterocycles. The highest BCUT2D eigenvalue weighted by atomic mass is 16.2. The SMILES string of the molecule is NC(=O)NC(C(=O)N1CC(=O)NC(=O)C1)c1ccccc1. The molecule has 21 heavy (non-hydrogen) atoms. The molecule has 0 bridgehead atoms. The number of nitrogens with two attached hydrogens (primary N) is 1. The average molecular weight is 290 g/mol. The van der Waals surface area contributed by atoms with Gasteiger partial charge in [0.05, 0.1) is 0 Å². The fraction of sp³-hybridized carbons (Fsp3) is 0.231. The maximum Gasteiger partial charge on any atom is 0.313 e. The molecule has 4 N–H and O–H groups in total. The van der Waals surface area contributed by atoms with E-state index in [1.165, 1.54) is 0 Å². The Morgan fingerprint density at radius 3 is 2.24 bits per heavy atom. The molecule has 0 aromatic heterocycles. The number of primary amides is 1. The molecular weight excluding hydrogens is 276 g/mol. The van der Waals surface area contributed by atoms with Crippen molar-refractivity contribution in [3.8, 4) is 0 Å². The minimum absolute atomic E-state index is 0.242. The first-order valence-electron chi connectivity index (χ1n) is 6.20. The van der Waals surface area contributed by atoms with Gasteiger partial charge in [0.1, 0.15) is 19.1 Å². The number of rotatable bonds is 3. The highest BCUT2D eigenvalue weighted by molar-refractivity contribution is 6.03. The molecule has 0 radical (unpaired) electrons. The van der Waals surface area contributed by atoms with Crippen LogP contribution in [-0.4, -0.2) is 41.7 Å². The number of benzene rings is 1. The van der Waals surface area contributed by atoms with Gasteiger partial charge in [-0.1, -0.05) is 30.3 Å². The second-order valence-corrected chi connectivity index (χ2v) is 4.52. The molecule has 110 valence electrons. The van der Waals surface area contributed by atoms with Crippen LogP contribution in [-0.2, 0) is 14.4 Å². The van der Waals surface area contributed by atoms with E-state index in [0.717, 1.165) is 4.90 Å². The summed E-state index contributed by atoms with van der Waals surface area (Å²) in [5.41, 5.74) is 5.60. The van der Waals surface area contributed by atoms with E-state index in [0.29, 0.717) is 5.56 Å². The zero-order valence-electron chi connectivity index (χ0n) is 11.0. The number of piperazine rings is 1. The van der Waals surface area contributed by atoms with Crippen molar-refractivity contribution in [2.45, 2.75) is 6.04 Å². The van der Waals surface area contributed by atoms with Gasteiger partial charge in [-0.2, -0.15) is 0 Å². The predicted octanol–water partition coefficient (Wildman–Crippen LogP) is -1.12. The summed E-state index contributed by atoms with van der Waals surface area (Å²) in [6.45, 7) is -0.483. The zero-order valence-corrected chi connectivity index (χ0v) is 11.0. The highest BCUT2D eigenvalue weighted by Gasteiger charge is 2.32. The molecule has 1 aromatic carbocycles. The van der Waals surface area contributed by atoms with Gasteiger partial charge < -0.3 is 16.0 Å². The summed E-state index contributed by atoms with van der Waals surface area (Å²) in [7, 11) is 0. The summed E-state index contributed by atoms with van der Waals surface area (Å²) in [6.07, 6.45) is 0. The van der Waals surface area contributed by atoms with E-state index in [4.69, 9.17) is 5.73 Å². The molecule has 1 aliphatic rings. The Bertz CT molecular complexity index is 571. The molecule has 1 heterocycles. The van der Waals surface area contributed by atoms with E-state index in [1.54, 1.807) is 30.3 Å². The minimum atomic E-state index is -1.04. The smallest absolute Gasteiger partial charge is 0.313 e. The maximum absolute atomic E-state index is 12.4. The molecule has 2 rings (SSSR count). The first-order valence-corrected chi connectivity index (χ1v) is 6.20. The van der Waals surface area contributed by atoms with Gasteiger partial charge in [0.25, 0.3) is 5.91 Å². The van der Waals surface area contributed by atoms with Crippen LogP contribution in [0.3, 0.4) is 0 Å². The van der Waals surface area contributed by atoms with Crippen molar-refractivity contribution < 1.29 is 19.2 Å². The molecule has 8 heteroatoms. The lowest BCUT2D eigenvalue weighted by molar-refractivity contribution is -0.146. The van der Waals surface area contributed by atoms with Gasteiger partial charge in [0.15, 0.2) is 0 Å². The van der Waals surface area contributed by atoms with Gasteiger partial charge in [-0.15, -0.1) is 0 Å². The van der Waals surface area contributed by atoms with E-state index in [2.05, 4.69) is 10.6 Å². The Kier molecular flexibility index (Phi) is 4.17. The Morgan fingerprint density at radius 2 is 1.71 bits per heavy atom. The normalized spacial score (nSPS) is 16.1. The number of amides is 5. The third-order valence-corrected chi connectivity index (χ3v) is 2.93. The second-order valence-electron chi connectivity index (χ2n) is 4.52. The number of nitrogens with one attached hydrogen (secondary N) is 2. The van der Waals surface area contributed by atoms with Crippen LogP contribution in [0.15, 0.2) is 30.3 Å². The lowest BCUT2D eigenvalue weighted by atomic mass is 10.1. The van der Waals surface area contributed by atoms with Crippen molar-refractivity contribution in [3.05, 3.63) is 35.9 Å². The van der Waals surface area contributed by atoms with Gasteiger partial charge in [-0.3, -0.25) is 19.7 Å². The van der Waals surface area contributed by atoms with Crippen LogP contribution in [0.5, 0.6) is 0 Å². The van der Waals surface area contributed by atoms with Crippen molar-refractivity contribution in [2.24, 2.45) is 5.73 Å². The van der Waals surface area contributed by atoms with Crippen LogP contribution in [0.1, 0.15) is 11.6 Å². The lowest BCUT2D eigenvalue weighted by Gasteiger charge is -2.29. The van der Waals surface area contributed by atoms with Crippen LogP contribution in [0.2, 0.25) is 0 Å². The topological polar surface area (TPSA) is 122 Å². The quantitative estimate of drug-likeness (QED) is 0.610. The highest BCUT2D eigenvalue weighted by Crippen LogP contribution is 2.16. The maximum atomic E-state index is 12.4. The summed E-state index contributed by atoms with van der Waals surface area (Å²) >= 11 is 0. The molecular formula is C13H14N4O4. The molecule has 8 nitrogen and oxygen atoms in total. The Morgan fingerprint density at radius 1 is 1.14 bits per heavy atom. The number of carbonyl (C=O) groups is 4. The number of carbonyl (C=O) groups excluding carboxylic acids is 4. The van der Waals surface area contributed by atoms with Gasteiger partial charge in [-0.25, -0.2) is 4.79 Å². The summed E-state index contributed by atoms with van der Waals surface area (Å²) in [5, 5.41) is 4.43. The first-order chi connectivity index (χ1) is 9.97. The minimum Gasteiger partial charge on any atom is -0.352 e. The van der Waals surface area contributed by atoms with Gasteiger partial charge in [0, 0.05) is 0 Å². The third-order valence-electron chi connectivity index (χ3n) is 2.93. The number of imide groups is 1. The number of hydrogen-bond donors (Lipinski definition) is 3. The van der Waals surface area contributed by atoms with E-state index in [1.807, 2.05) is 0 Å². The van der Waals surface area contributed by atoms with Gasteiger partial charge >= 0.3 is 6.03 Å². The third kappa shape index (κ3) is 3.56. The summed E-state index contributed by atoms with van der Waals surface area (Å²) in [4.78, 5) is 47.3. The molecule has 1 aliphatic heterocycles. The van der Waals surface area contributed by atoms with E-state index < -0.39 is 29.8 Å². The van der Waals surface area contributed by atoms with Gasteiger partial charge in [-0.05, 0) is 5.56 Å². The molecule has 1 atom stereocenters. The summed E-state index contributed by atoms with van der Waals surface area (Å²) in [6, 6.07) is 6.54. The number of urea groups is 1. The van der Waals surface area contributed by atoms with Crippen molar-refractivity contribution in [3.63, 3.8) is 0 Å². The molecule has 0 spiro atoms. The monoisotopic (exact) mass is 290 g/mol. The number of hydrogen-bond acceptors (Lipinski definition) is 4. The van der Waals surface area contributed by atoms with E-state index in [9.17, 15) is 19.2 Å². The van der Waals surface area contributed by atoms with E-state index in [-0.39, 0.29) is 13.1 Å². The van der Waals surface area contributed by atoms with Crippen molar-refractivity contribution in [1.29, 1.82) is 0 Å². The fourth-order valence-electron chi connectivity index (χ4n) is 2.05. The van der Waals surface area contributed by atoms with Crippen LogP contribution in [0, 0.1) is 0 Å². The van der Waals surface area contributed by atoms with Crippen LogP contribution in [0.25, 0.3) is 0 Å². The zero-order chi connectivity index (χ0) is 15.4. The van der Waals surface area contributed by atoms with Crippen LogP contribution < -0.4 is 16.4 Å². The largest absolute Gasteiger partial charge is 0.352 e. The molecule has 0 aliphatic carbocycles. The second kappa shape index (κ2) is 6.04. The van der Waals surface area contributed by atoms with Crippen LogP contribution >= 0.6 is 0 Å². The van der Waals surface area contributed by atoms with Crippen LogP contribution in [0.4, 0.5) is 4.79 Å². The first kappa shape index (κ1) is 14.5. The van der Waals surface area contributed by atoms with Gasteiger partial charge in [0.2, 0.25) is 11.8 Å². The predicted molar refractivity (Wildman–Crippen MR) is 71.6 cm³/mol. The summed E-state index contributed by atoms with van der Waals surface area (Å²) in [5.74, 6) is -1.70. The van der Waals surface area contributed by atoms with Crippen molar-refractivity contribution in [2.75, 3.05) is 13.1 Å². The number of nitrogens with zero attached hydrogens (tertiary/aromatic N) is 1. The molecule has 1 fully saturated rings. The average Bonchev–Trinajstić information content (AvgIpc) is 2.44. The molecule has 1 aromatic rings. The molecule has 1 unspecified atom stereocenters. The molecule has 0 saturated carbocycles. The summed E-state index contributed by atoms with van der Waals surface area (Å²) < 4.78 is 0. The lowest BCUT2D eigenvalue weighted by Crippen LogP contribution is -2.56. The molecule has 5 amide bonds. The standard InChI is InChI=1S/C13H14N4O4/c14-13(21)16-11(8-4-2-1-3-5-8)12(20)17-6-9(18)15-10(19)7-17/h1-5,11H,6-7H2,(H3,14,16,21)(H,15,18,19). The Labute approximate surface area is 120 Å². The fourth-order valence-corrected chi connectivity index (χ4v) is 2.05. The Balaban J connectivity index is 2.24. The van der Waals surface area contributed by atoms with Crippen molar-refractivity contribution >= 4 is 23.8 Å². The van der Waals surface area contributed by atoms with Crippen molar-refractivity contribution in [1.82, 2.24) is 15.5 Å². The Hall–Kier alpha value is -2.90. The van der Waals surface area contributed by atoms with E-state index >= 15 is 0 Å².